The Hall–Kier alpha value is -1.39. The molecule has 0 bridgehead atoms. The van der Waals surface area contributed by atoms with Crippen molar-refractivity contribution < 1.29 is 14.6 Å². The highest BCUT2D eigenvalue weighted by Crippen LogP contribution is 2.40. The third-order valence-corrected chi connectivity index (χ3v) is 4.49. The van der Waals surface area contributed by atoms with Gasteiger partial charge in [0.2, 0.25) is 0 Å². The quantitative estimate of drug-likeness (QED) is 0.821. The smallest absolute Gasteiger partial charge is 0.343 e. The van der Waals surface area contributed by atoms with Gasteiger partial charge in [0.15, 0.2) is 5.60 Å². The van der Waals surface area contributed by atoms with Crippen LogP contribution in [0.2, 0.25) is 0 Å². The summed E-state index contributed by atoms with van der Waals surface area (Å²) in [4.78, 5) is 14.6. The molecule has 0 unspecified atom stereocenters. The van der Waals surface area contributed by atoms with Gasteiger partial charge < -0.3 is 14.7 Å². The van der Waals surface area contributed by atoms with Gasteiger partial charge in [-0.05, 0) is 32.5 Å². The summed E-state index contributed by atoms with van der Waals surface area (Å²) in [6.07, 6.45) is 5.04. The van der Waals surface area contributed by atoms with Gasteiger partial charge >= 0.3 is 5.97 Å². The van der Waals surface area contributed by atoms with Crippen LogP contribution in [0.3, 0.4) is 0 Å². The number of nitrogens with zero attached hydrogens (tertiary/aromatic N) is 1. The summed E-state index contributed by atoms with van der Waals surface area (Å²) in [5.74, 6) is -0.567. The van der Waals surface area contributed by atoms with Gasteiger partial charge in [-0.1, -0.05) is 49.6 Å². The van der Waals surface area contributed by atoms with Crippen LogP contribution in [0.4, 0.5) is 0 Å². The van der Waals surface area contributed by atoms with Crippen molar-refractivity contribution in [3.05, 3.63) is 35.9 Å². The number of aliphatic hydroxyl groups is 1. The van der Waals surface area contributed by atoms with Crippen molar-refractivity contribution in [2.24, 2.45) is 5.92 Å². The van der Waals surface area contributed by atoms with E-state index in [1.807, 2.05) is 49.3 Å². The van der Waals surface area contributed by atoms with E-state index in [-0.39, 0.29) is 5.92 Å². The van der Waals surface area contributed by atoms with Crippen molar-refractivity contribution in [3.8, 4) is 0 Å². The molecule has 1 aromatic carbocycles. The molecule has 122 valence electrons. The van der Waals surface area contributed by atoms with E-state index in [0.717, 1.165) is 25.7 Å². The molecule has 2 rings (SSSR count). The lowest BCUT2D eigenvalue weighted by Crippen LogP contribution is -2.45. The fourth-order valence-corrected chi connectivity index (χ4v) is 3.16. The van der Waals surface area contributed by atoms with E-state index >= 15 is 0 Å². The first kappa shape index (κ1) is 17.0. The summed E-state index contributed by atoms with van der Waals surface area (Å²) in [6, 6.07) is 9.25. The Bertz CT molecular complexity index is 468. The number of carbonyl (C=O) groups is 1. The van der Waals surface area contributed by atoms with Crippen molar-refractivity contribution >= 4 is 5.97 Å². The Morgan fingerprint density at radius 3 is 2.45 bits per heavy atom. The Kier molecular flexibility index (Phi) is 5.98. The van der Waals surface area contributed by atoms with E-state index in [0.29, 0.717) is 18.7 Å². The van der Waals surface area contributed by atoms with Crippen molar-refractivity contribution in [1.29, 1.82) is 0 Å². The lowest BCUT2D eigenvalue weighted by Gasteiger charge is -2.36. The van der Waals surface area contributed by atoms with E-state index in [1.165, 1.54) is 6.42 Å². The van der Waals surface area contributed by atoms with Gasteiger partial charge in [0, 0.05) is 12.5 Å². The number of hydrogen-bond donors (Lipinski definition) is 1. The molecule has 1 N–H and O–H groups in total. The molecule has 0 aliphatic heterocycles. The van der Waals surface area contributed by atoms with Gasteiger partial charge in [0.05, 0.1) is 0 Å². The molecular weight excluding hydrogens is 278 g/mol. The minimum absolute atomic E-state index is 0.0597. The number of ether oxygens (including phenoxy) is 1. The fraction of sp³-hybridized carbons (Fsp3) is 0.611. The van der Waals surface area contributed by atoms with Crippen LogP contribution in [0.25, 0.3) is 0 Å². The average molecular weight is 305 g/mol. The first-order chi connectivity index (χ1) is 10.5. The average Bonchev–Trinajstić information content (AvgIpc) is 2.55. The summed E-state index contributed by atoms with van der Waals surface area (Å²) < 4.78 is 5.40. The molecular formula is C18H27NO3. The molecule has 0 saturated heterocycles. The second kappa shape index (κ2) is 7.75. The van der Waals surface area contributed by atoms with Crippen LogP contribution in [0.5, 0.6) is 0 Å². The highest BCUT2D eigenvalue weighted by Gasteiger charge is 2.46. The Balaban J connectivity index is 2.19. The molecule has 0 radical (unpaired) electrons. The van der Waals surface area contributed by atoms with Crippen LogP contribution >= 0.6 is 0 Å². The van der Waals surface area contributed by atoms with Gasteiger partial charge in [-0.25, -0.2) is 4.79 Å². The molecule has 0 amide bonds. The summed E-state index contributed by atoms with van der Waals surface area (Å²) in [5.41, 5.74) is -0.870. The second-order valence-corrected chi connectivity index (χ2v) is 6.41. The van der Waals surface area contributed by atoms with Crippen LogP contribution in [0.1, 0.15) is 37.7 Å². The number of esters is 1. The van der Waals surface area contributed by atoms with Crippen LogP contribution in [-0.4, -0.2) is 43.2 Å². The fourth-order valence-electron chi connectivity index (χ4n) is 3.16. The van der Waals surface area contributed by atoms with E-state index in [9.17, 15) is 9.90 Å². The standard InChI is InChI=1S/C18H27NO3/c1-19(2)13-14-22-17(20)18(21,15-9-5-3-6-10-15)16-11-7-4-8-12-16/h3,5-6,9-10,16,21H,4,7-8,11-14H2,1-2H3/t18-/m0/s1. The number of rotatable bonds is 6. The van der Waals surface area contributed by atoms with E-state index < -0.39 is 11.6 Å². The molecule has 0 aromatic heterocycles. The number of likely N-dealkylation sites (N-methyl/N-ethyl adjacent to an activating group) is 1. The van der Waals surface area contributed by atoms with Crippen molar-refractivity contribution in [2.75, 3.05) is 27.2 Å². The SMILES string of the molecule is CN(C)CCOC(=O)[C@](O)(c1ccccc1)C1CCCCC1. The molecule has 1 aromatic rings. The third-order valence-electron chi connectivity index (χ3n) is 4.49. The number of benzene rings is 1. The zero-order valence-electron chi connectivity index (χ0n) is 13.6. The molecule has 0 heterocycles. The van der Waals surface area contributed by atoms with Crippen molar-refractivity contribution in [2.45, 2.75) is 37.7 Å². The number of hydrogen-bond acceptors (Lipinski definition) is 4. The van der Waals surface area contributed by atoms with E-state index in [2.05, 4.69) is 0 Å². The molecule has 1 saturated carbocycles. The summed E-state index contributed by atoms with van der Waals surface area (Å²) >= 11 is 0. The van der Waals surface area contributed by atoms with Crippen LogP contribution in [0, 0.1) is 5.92 Å². The predicted molar refractivity (Wildman–Crippen MR) is 86.4 cm³/mol. The first-order valence-electron chi connectivity index (χ1n) is 8.15. The lowest BCUT2D eigenvalue weighted by atomic mass is 9.73. The van der Waals surface area contributed by atoms with Gasteiger partial charge in [0.25, 0.3) is 0 Å². The molecule has 1 atom stereocenters. The lowest BCUT2D eigenvalue weighted by molar-refractivity contribution is -0.175. The van der Waals surface area contributed by atoms with Gasteiger partial charge in [-0.15, -0.1) is 0 Å². The summed E-state index contributed by atoms with van der Waals surface area (Å²) in [6.45, 7) is 0.953. The largest absolute Gasteiger partial charge is 0.462 e. The second-order valence-electron chi connectivity index (χ2n) is 6.41. The molecule has 1 aliphatic carbocycles. The summed E-state index contributed by atoms with van der Waals surface area (Å²) in [7, 11) is 3.86. The molecule has 0 spiro atoms. The predicted octanol–water partition coefficient (Wildman–Crippen LogP) is 2.56. The minimum atomic E-state index is -1.52. The maximum Gasteiger partial charge on any atom is 0.343 e. The maximum atomic E-state index is 12.7. The highest BCUT2D eigenvalue weighted by atomic mass is 16.5. The van der Waals surface area contributed by atoms with E-state index in [4.69, 9.17) is 4.74 Å². The Labute approximate surface area is 133 Å². The molecule has 4 nitrogen and oxygen atoms in total. The molecule has 22 heavy (non-hydrogen) atoms. The first-order valence-corrected chi connectivity index (χ1v) is 8.15. The van der Waals surface area contributed by atoms with Gasteiger partial charge in [-0.3, -0.25) is 0 Å². The van der Waals surface area contributed by atoms with E-state index in [1.54, 1.807) is 0 Å². The Morgan fingerprint density at radius 2 is 1.86 bits per heavy atom. The van der Waals surface area contributed by atoms with Crippen LogP contribution in [0.15, 0.2) is 30.3 Å². The van der Waals surface area contributed by atoms with Gasteiger partial charge in [0.1, 0.15) is 6.61 Å². The topological polar surface area (TPSA) is 49.8 Å². The van der Waals surface area contributed by atoms with Crippen LogP contribution < -0.4 is 0 Å². The normalized spacial score (nSPS) is 18.9. The zero-order valence-corrected chi connectivity index (χ0v) is 13.6. The summed E-state index contributed by atoms with van der Waals surface area (Å²) in [5, 5.41) is 11.3. The van der Waals surface area contributed by atoms with Crippen molar-refractivity contribution in [1.82, 2.24) is 4.90 Å². The monoisotopic (exact) mass is 305 g/mol. The molecule has 4 heteroatoms. The Morgan fingerprint density at radius 1 is 1.23 bits per heavy atom. The van der Waals surface area contributed by atoms with Crippen LogP contribution in [-0.2, 0) is 15.1 Å². The van der Waals surface area contributed by atoms with Crippen molar-refractivity contribution in [3.63, 3.8) is 0 Å². The zero-order chi connectivity index (χ0) is 16.0. The maximum absolute atomic E-state index is 12.7. The molecule has 1 aliphatic rings. The minimum Gasteiger partial charge on any atom is -0.462 e. The third kappa shape index (κ3) is 3.87. The van der Waals surface area contributed by atoms with Gasteiger partial charge in [-0.2, -0.15) is 0 Å². The molecule has 1 fully saturated rings. The number of carbonyl (C=O) groups excluding carboxylic acids is 1. The highest BCUT2D eigenvalue weighted by molar-refractivity contribution is 5.81.